The number of hydrogen-bond donors (Lipinski definition) is 1. The standard InChI is InChI=1S/C18H19N3O/c1-20-18(22)17-8-6-14(7-9-17)12-21(2)13-16-5-3-4-15(10-16)11-19/h3-10H,12-13H2,1-2H3,(H,20,22). The topological polar surface area (TPSA) is 56.1 Å². The van der Waals surface area contributed by atoms with Crippen LogP contribution in [0.4, 0.5) is 0 Å². The summed E-state index contributed by atoms with van der Waals surface area (Å²) in [4.78, 5) is 13.7. The lowest BCUT2D eigenvalue weighted by Gasteiger charge is -2.17. The first-order chi connectivity index (χ1) is 10.6. The molecule has 22 heavy (non-hydrogen) atoms. The molecule has 0 aliphatic rings. The smallest absolute Gasteiger partial charge is 0.251 e. The van der Waals surface area contributed by atoms with E-state index in [2.05, 4.69) is 16.3 Å². The number of amides is 1. The molecule has 0 aliphatic heterocycles. The summed E-state index contributed by atoms with van der Waals surface area (Å²) in [5.74, 6) is -0.0757. The molecule has 0 spiro atoms. The van der Waals surface area contributed by atoms with E-state index in [0.29, 0.717) is 11.1 Å². The van der Waals surface area contributed by atoms with Crippen molar-refractivity contribution in [2.75, 3.05) is 14.1 Å². The van der Waals surface area contributed by atoms with E-state index in [-0.39, 0.29) is 5.91 Å². The molecule has 0 unspecified atom stereocenters. The summed E-state index contributed by atoms with van der Waals surface area (Å²) in [6.07, 6.45) is 0. The van der Waals surface area contributed by atoms with Crippen molar-refractivity contribution in [3.8, 4) is 6.07 Å². The summed E-state index contributed by atoms with van der Waals surface area (Å²) in [6.45, 7) is 1.55. The molecule has 0 saturated heterocycles. The Balaban J connectivity index is 1.98. The van der Waals surface area contributed by atoms with Crippen LogP contribution >= 0.6 is 0 Å². The van der Waals surface area contributed by atoms with Crippen LogP contribution in [-0.2, 0) is 13.1 Å². The van der Waals surface area contributed by atoms with E-state index in [0.717, 1.165) is 24.2 Å². The number of rotatable bonds is 5. The van der Waals surface area contributed by atoms with Gasteiger partial charge >= 0.3 is 0 Å². The molecular weight excluding hydrogens is 274 g/mol. The minimum Gasteiger partial charge on any atom is -0.355 e. The Morgan fingerprint density at radius 1 is 1.14 bits per heavy atom. The molecule has 2 aromatic rings. The molecule has 4 nitrogen and oxygen atoms in total. The predicted molar refractivity (Wildman–Crippen MR) is 86.2 cm³/mol. The molecule has 0 fully saturated rings. The molecule has 0 aromatic heterocycles. The number of hydrogen-bond acceptors (Lipinski definition) is 3. The van der Waals surface area contributed by atoms with Crippen molar-refractivity contribution in [2.24, 2.45) is 0 Å². The van der Waals surface area contributed by atoms with E-state index in [1.54, 1.807) is 13.1 Å². The van der Waals surface area contributed by atoms with Gasteiger partial charge in [0.25, 0.3) is 5.91 Å². The van der Waals surface area contributed by atoms with Crippen LogP contribution < -0.4 is 5.32 Å². The second-order valence-electron chi connectivity index (χ2n) is 5.26. The van der Waals surface area contributed by atoms with Gasteiger partial charge in [-0.05, 0) is 42.4 Å². The highest BCUT2D eigenvalue weighted by Gasteiger charge is 2.05. The van der Waals surface area contributed by atoms with Gasteiger partial charge in [-0.15, -0.1) is 0 Å². The fourth-order valence-corrected chi connectivity index (χ4v) is 2.32. The van der Waals surface area contributed by atoms with Gasteiger partial charge < -0.3 is 5.32 Å². The van der Waals surface area contributed by atoms with E-state index >= 15 is 0 Å². The van der Waals surface area contributed by atoms with Crippen molar-refractivity contribution in [3.63, 3.8) is 0 Å². The van der Waals surface area contributed by atoms with Crippen LogP contribution in [0, 0.1) is 11.3 Å². The summed E-state index contributed by atoms with van der Waals surface area (Å²) in [5.41, 5.74) is 3.60. The van der Waals surface area contributed by atoms with Crippen molar-refractivity contribution in [1.29, 1.82) is 5.26 Å². The van der Waals surface area contributed by atoms with Gasteiger partial charge in [0, 0.05) is 25.7 Å². The first-order valence-electron chi connectivity index (χ1n) is 7.11. The molecule has 2 aromatic carbocycles. The summed E-state index contributed by atoms with van der Waals surface area (Å²) >= 11 is 0. The van der Waals surface area contributed by atoms with Crippen molar-refractivity contribution < 1.29 is 4.79 Å². The monoisotopic (exact) mass is 293 g/mol. The number of nitrogens with zero attached hydrogens (tertiary/aromatic N) is 2. The number of carbonyl (C=O) groups is 1. The van der Waals surface area contributed by atoms with Crippen LogP contribution in [0.1, 0.15) is 27.0 Å². The fraction of sp³-hybridized carbons (Fsp3) is 0.222. The maximum absolute atomic E-state index is 11.5. The zero-order chi connectivity index (χ0) is 15.9. The maximum atomic E-state index is 11.5. The number of benzene rings is 2. The third-order valence-corrected chi connectivity index (χ3v) is 3.40. The minimum absolute atomic E-state index is 0.0757. The molecule has 0 radical (unpaired) electrons. The number of carbonyl (C=O) groups excluding carboxylic acids is 1. The Hall–Kier alpha value is -2.64. The van der Waals surface area contributed by atoms with Crippen LogP contribution in [0.15, 0.2) is 48.5 Å². The van der Waals surface area contributed by atoms with Gasteiger partial charge in [-0.1, -0.05) is 24.3 Å². The van der Waals surface area contributed by atoms with Gasteiger partial charge in [0.05, 0.1) is 11.6 Å². The average molecular weight is 293 g/mol. The minimum atomic E-state index is -0.0757. The van der Waals surface area contributed by atoms with E-state index in [4.69, 9.17) is 5.26 Å². The van der Waals surface area contributed by atoms with Crippen LogP contribution in [0.25, 0.3) is 0 Å². The van der Waals surface area contributed by atoms with Crippen LogP contribution in [0.3, 0.4) is 0 Å². The van der Waals surface area contributed by atoms with Crippen molar-refractivity contribution >= 4 is 5.91 Å². The fourth-order valence-electron chi connectivity index (χ4n) is 2.32. The van der Waals surface area contributed by atoms with Crippen molar-refractivity contribution in [1.82, 2.24) is 10.2 Å². The Morgan fingerprint density at radius 3 is 2.45 bits per heavy atom. The quantitative estimate of drug-likeness (QED) is 0.921. The zero-order valence-corrected chi connectivity index (χ0v) is 12.8. The number of nitriles is 1. The Kier molecular flexibility index (Phi) is 5.29. The molecule has 0 aliphatic carbocycles. The van der Waals surface area contributed by atoms with Gasteiger partial charge in [0.1, 0.15) is 0 Å². The van der Waals surface area contributed by atoms with Crippen molar-refractivity contribution in [2.45, 2.75) is 13.1 Å². The summed E-state index contributed by atoms with van der Waals surface area (Å²) in [5, 5.41) is 11.5. The average Bonchev–Trinajstić information content (AvgIpc) is 2.55. The molecule has 2 rings (SSSR count). The molecule has 0 bridgehead atoms. The van der Waals surface area contributed by atoms with Crippen LogP contribution in [0.5, 0.6) is 0 Å². The van der Waals surface area contributed by atoms with Gasteiger partial charge in [0.2, 0.25) is 0 Å². The van der Waals surface area contributed by atoms with Gasteiger partial charge in [-0.2, -0.15) is 5.26 Å². The highest BCUT2D eigenvalue weighted by Crippen LogP contribution is 2.11. The molecular formula is C18H19N3O. The first kappa shape index (κ1) is 15.7. The zero-order valence-electron chi connectivity index (χ0n) is 12.8. The largest absolute Gasteiger partial charge is 0.355 e. The lowest BCUT2D eigenvalue weighted by molar-refractivity contribution is 0.0963. The predicted octanol–water partition coefficient (Wildman–Crippen LogP) is 2.55. The Labute approximate surface area is 131 Å². The van der Waals surface area contributed by atoms with E-state index in [1.807, 2.05) is 49.5 Å². The Morgan fingerprint density at radius 2 is 1.82 bits per heavy atom. The lowest BCUT2D eigenvalue weighted by Crippen LogP contribution is -2.19. The number of nitrogens with one attached hydrogen (secondary N) is 1. The van der Waals surface area contributed by atoms with E-state index in [9.17, 15) is 4.79 Å². The third kappa shape index (κ3) is 4.18. The molecule has 0 saturated carbocycles. The van der Waals surface area contributed by atoms with Gasteiger partial charge in [-0.3, -0.25) is 9.69 Å². The third-order valence-electron chi connectivity index (χ3n) is 3.40. The molecule has 0 heterocycles. The molecule has 4 heteroatoms. The summed E-state index contributed by atoms with van der Waals surface area (Å²) in [6, 6.07) is 17.4. The van der Waals surface area contributed by atoms with Gasteiger partial charge in [0.15, 0.2) is 0 Å². The normalized spacial score (nSPS) is 10.3. The van der Waals surface area contributed by atoms with Crippen molar-refractivity contribution in [3.05, 3.63) is 70.8 Å². The van der Waals surface area contributed by atoms with E-state index in [1.165, 1.54) is 0 Å². The first-order valence-corrected chi connectivity index (χ1v) is 7.11. The molecule has 112 valence electrons. The molecule has 0 atom stereocenters. The highest BCUT2D eigenvalue weighted by atomic mass is 16.1. The Bertz CT molecular complexity index is 686. The maximum Gasteiger partial charge on any atom is 0.251 e. The SMILES string of the molecule is CNC(=O)c1ccc(CN(C)Cc2cccc(C#N)c2)cc1. The summed E-state index contributed by atoms with van der Waals surface area (Å²) < 4.78 is 0. The molecule has 1 amide bonds. The van der Waals surface area contributed by atoms with E-state index < -0.39 is 0 Å². The van der Waals surface area contributed by atoms with Crippen LogP contribution in [-0.4, -0.2) is 24.9 Å². The second-order valence-corrected chi connectivity index (χ2v) is 5.26. The summed E-state index contributed by atoms with van der Waals surface area (Å²) in [7, 11) is 3.66. The van der Waals surface area contributed by atoms with Gasteiger partial charge in [-0.25, -0.2) is 0 Å². The lowest BCUT2D eigenvalue weighted by atomic mass is 10.1. The van der Waals surface area contributed by atoms with Crippen LogP contribution in [0.2, 0.25) is 0 Å². The second kappa shape index (κ2) is 7.39. The molecule has 1 N–H and O–H groups in total. The highest BCUT2D eigenvalue weighted by molar-refractivity contribution is 5.93.